The minimum atomic E-state index is -0.677. The molecule has 1 atom stereocenters. The van der Waals surface area contributed by atoms with Crippen molar-refractivity contribution in [3.63, 3.8) is 0 Å². The average Bonchev–Trinajstić information content (AvgIpc) is 2.34. The van der Waals surface area contributed by atoms with Gasteiger partial charge in [-0.1, -0.05) is 0 Å². The van der Waals surface area contributed by atoms with Gasteiger partial charge in [-0.3, -0.25) is 0 Å². The lowest BCUT2D eigenvalue weighted by atomic mass is 10.1. The second-order valence-electron chi connectivity index (χ2n) is 4.90. The van der Waals surface area contributed by atoms with Crippen molar-refractivity contribution < 1.29 is 8.78 Å². The van der Waals surface area contributed by atoms with E-state index in [0.717, 1.165) is 25.1 Å². The van der Waals surface area contributed by atoms with Crippen LogP contribution in [0.15, 0.2) is 12.1 Å². The van der Waals surface area contributed by atoms with Crippen molar-refractivity contribution in [1.29, 1.82) is 5.26 Å². The first kappa shape index (κ1) is 15.5. The Morgan fingerprint density at radius 2 is 1.89 bits per heavy atom. The van der Waals surface area contributed by atoms with E-state index in [9.17, 15) is 8.78 Å². The Kier molecular flexibility index (Phi) is 5.87. The molecule has 1 aromatic carbocycles. The van der Waals surface area contributed by atoms with Gasteiger partial charge in [0.15, 0.2) is 0 Å². The second-order valence-corrected chi connectivity index (χ2v) is 4.90. The molecular weight excluding hydrogens is 248 g/mol. The summed E-state index contributed by atoms with van der Waals surface area (Å²) in [7, 11) is 3.96. The van der Waals surface area contributed by atoms with Gasteiger partial charge in [-0.15, -0.1) is 0 Å². The first-order valence-corrected chi connectivity index (χ1v) is 6.20. The van der Waals surface area contributed by atoms with Crippen LogP contribution in [0.2, 0.25) is 0 Å². The molecule has 1 unspecified atom stereocenters. The van der Waals surface area contributed by atoms with Crippen LogP contribution < -0.4 is 5.32 Å². The van der Waals surface area contributed by atoms with Crippen LogP contribution in [-0.4, -0.2) is 31.6 Å². The maximum atomic E-state index is 13.6. The number of hydrogen-bond donors (Lipinski definition) is 1. The summed E-state index contributed by atoms with van der Waals surface area (Å²) in [6.07, 6.45) is 0.895. The lowest BCUT2D eigenvalue weighted by Gasteiger charge is -2.17. The van der Waals surface area contributed by atoms with E-state index >= 15 is 0 Å². The molecule has 0 bridgehead atoms. The Labute approximate surface area is 112 Å². The Hall–Kier alpha value is -1.51. The standard InChI is InChI=1S/C14H19F2N3/c1-10(4-5-19(2)3)18-9-12-13(15)6-11(8-17)7-14(12)16/h6-7,10,18H,4-5,9H2,1-3H3. The summed E-state index contributed by atoms with van der Waals surface area (Å²) in [4.78, 5) is 2.06. The molecule has 0 saturated carbocycles. The largest absolute Gasteiger partial charge is 0.310 e. The first-order chi connectivity index (χ1) is 8.93. The van der Waals surface area contributed by atoms with Crippen LogP contribution >= 0.6 is 0 Å². The lowest BCUT2D eigenvalue weighted by molar-refractivity contribution is 0.363. The number of halogens is 2. The van der Waals surface area contributed by atoms with E-state index in [-0.39, 0.29) is 23.7 Å². The third kappa shape index (κ3) is 4.93. The zero-order chi connectivity index (χ0) is 14.4. The van der Waals surface area contributed by atoms with Crippen molar-refractivity contribution >= 4 is 0 Å². The third-order valence-corrected chi connectivity index (χ3v) is 2.91. The molecule has 3 nitrogen and oxygen atoms in total. The van der Waals surface area contributed by atoms with Gasteiger partial charge in [0.25, 0.3) is 0 Å². The molecule has 0 spiro atoms. The topological polar surface area (TPSA) is 39.1 Å². The smallest absolute Gasteiger partial charge is 0.131 e. The van der Waals surface area contributed by atoms with Crippen LogP contribution in [0.25, 0.3) is 0 Å². The molecule has 0 aliphatic rings. The highest BCUT2D eigenvalue weighted by Gasteiger charge is 2.12. The van der Waals surface area contributed by atoms with Crippen molar-refractivity contribution in [2.24, 2.45) is 0 Å². The molecule has 1 aromatic rings. The van der Waals surface area contributed by atoms with E-state index in [0.29, 0.717) is 0 Å². The molecule has 1 rings (SSSR count). The number of nitrogens with zero attached hydrogens (tertiary/aromatic N) is 2. The van der Waals surface area contributed by atoms with Crippen LogP contribution in [0.3, 0.4) is 0 Å². The highest BCUT2D eigenvalue weighted by atomic mass is 19.1. The number of benzene rings is 1. The molecule has 5 heteroatoms. The molecule has 0 aliphatic carbocycles. The molecule has 0 aromatic heterocycles. The average molecular weight is 267 g/mol. The Morgan fingerprint density at radius 1 is 1.32 bits per heavy atom. The molecule has 0 saturated heterocycles. The highest BCUT2D eigenvalue weighted by Crippen LogP contribution is 2.15. The van der Waals surface area contributed by atoms with Crippen molar-refractivity contribution in [3.8, 4) is 6.07 Å². The lowest BCUT2D eigenvalue weighted by Crippen LogP contribution is -2.30. The molecule has 0 radical (unpaired) electrons. The van der Waals surface area contributed by atoms with Crippen LogP contribution in [0.5, 0.6) is 0 Å². The first-order valence-electron chi connectivity index (χ1n) is 6.20. The van der Waals surface area contributed by atoms with Gasteiger partial charge in [0.05, 0.1) is 11.6 Å². The van der Waals surface area contributed by atoms with Crippen molar-refractivity contribution in [2.75, 3.05) is 20.6 Å². The normalized spacial score (nSPS) is 12.5. The van der Waals surface area contributed by atoms with Crippen LogP contribution in [0.4, 0.5) is 8.78 Å². The molecule has 0 aliphatic heterocycles. The Morgan fingerprint density at radius 3 is 2.37 bits per heavy atom. The molecule has 0 heterocycles. The fraction of sp³-hybridized carbons (Fsp3) is 0.500. The SMILES string of the molecule is CC(CCN(C)C)NCc1c(F)cc(C#N)cc1F. The summed E-state index contributed by atoms with van der Waals surface area (Å²) >= 11 is 0. The molecular formula is C14H19F2N3. The summed E-state index contributed by atoms with van der Waals surface area (Å²) in [6.45, 7) is 3.01. The molecule has 0 amide bonds. The third-order valence-electron chi connectivity index (χ3n) is 2.91. The summed E-state index contributed by atoms with van der Waals surface area (Å²) in [5.74, 6) is -1.35. The van der Waals surface area contributed by atoms with Crippen LogP contribution in [-0.2, 0) is 6.54 Å². The van der Waals surface area contributed by atoms with Gasteiger partial charge in [0, 0.05) is 18.2 Å². The van der Waals surface area contributed by atoms with E-state index in [2.05, 4.69) is 10.2 Å². The number of rotatable bonds is 6. The molecule has 1 N–H and O–H groups in total. The summed E-state index contributed by atoms with van der Waals surface area (Å²) in [6, 6.07) is 4.01. The van der Waals surface area contributed by atoms with Gasteiger partial charge in [-0.2, -0.15) is 5.26 Å². The Bertz CT molecular complexity index is 443. The van der Waals surface area contributed by atoms with E-state index in [4.69, 9.17) is 5.26 Å². The predicted molar refractivity (Wildman–Crippen MR) is 70.5 cm³/mol. The van der Waals surface area contributed by atoms with E-state index in [1.54, 1.807) is 6.07 Å². The van der Waals surface area contributed by atoms with Gasteiger partial charge in [-0.25, -0.2) is 8.78 Å². The summed E-state index contributed by atoms with van der Waals surface area (Å²) < 4.78 is 27.2. The van der Waals surface area contributed by atoms with Gasteiger partial charge in [0.1, 0.15) is 11.6 Å². The maximum Gasteiger partial charge on any atom is 0.131 e. The minimum Gasteiger partial charge on any atom is -0.310 e. The zero-order valence-corrected chi connectivity index (χ0v) is 11.5. The molecule has 19 heavy (non-hydrogen) atoms. The van der Waals surface area contributed by atoms with Crippen molar-refractivity contribution in [3.05, 3.63) is 34.9 Å². The number of nitrogens with one attached hydrogen (secondary N) is 1. The molecule has 0 fully saturated rings. The maximum absolute atomic E-state index is 13.6. The Balaban J connectivity index is 2.61. The van der Waals surface area contributed by atoms with Crippen molar-refractivity contribution in [1.82, 2.24) is 10.2 Å². The van der Waals surface area contributed by atoms with Crippen molar-refractivity contribution in [2.45, 2.75) is 25.9 Å². The van der Waals surface area contributed by atoms with Gasteiger partial charge < -0.3 is 10.2 Å². The van der Waals surface area contributed by atoms with Gasteiger partial charge in [-0.05, 0) is 46.1 Å². The fourth-order valence-electron chi connectivity index (χ4n) is 1.67. The van der Waals surface area contributed by atoms with E-state index < -0.39 is 11.6 Å². The quantitative estimate of drug-likeness (QED) is 0.859. The van der Waals surface area contributed by atoms with E-state index in [1.165, 1.54) is 0 Å². The monoisotopic (exact) mass is 267 g/mol. The zero-order valence-electron chi connectivity index (χ0n) is 11.5. The van der Waals surface area contributed by atoms with E-state index in [1.807, 2.05) is 21.0 Å². The molecule has 104 valence electrons. The van der Waals surface area contributed by atoms with Crippen LogP contribution in [0, 0.1) is 23.0 Å². The van der Waals surface area contributed by atoms with Crippen LogP contribution in [0.1, 0.15) is 24.5 Å². The number of nitriles is 1. The number of hydrogen-bond acceptors (Lipinski definition) is 3. The van der Waals surface area contributed by atoms with Gasteiger partial charge >= 0.3 is 0 Å². The minimum absolute atomic E-state index is 0.000550. The predicted octanol–water partition coefficient (Wildman–Crippen LogP) is 2.27. The van der Waals surface area contributed by atoms with Gasteiger partial charge in [0.2, 0.25) is 0 Å². The summed E-state index contributed by atoms with van der Waals surface area (Å²) in [5, 5.41) is 11.7. The summed E-state index contributed by atoms with van der Waals surface area (Å²) in [5.41, 5.74) is -0.0184. The highest BCUT2D eigenvalue weighted by molar-refractivity contribution is 5.34. The second kappa shape index (κ2) is 7.17. The fourth-order valence-corrected chi connectivity index (χ4v) is 1.67.